The predicted molar refractivity (Wildman–Crippen MR) is 27.9 cm³/mol. The van der Waals surface area contributed by atoms with Crippen LogP contribution in [0.25, 0.3) is 0 Å². The summed E-state index contributed by atoms with van der Waals surface area (Å²) in [6.07, 6.45) is -0.900. The molecule has 0 aromatic heterocycles. The first-order valence-electron chi connectivity index (χ1n) is 2.52. The summed E-state index contributed by atoms with van der Waals surface area (Å²) in [5.41, 5.74) is -2.22. The first kappa shape index (κ1) is 8.90. The number of carboxylic acids is 2. The second-order valence-corrected chi connectivity index (χ2v) is 2.13. The molecule has 5 heteroatoms. The van der Waals surface area contributed by atoms with Gasteiger partial charge in [0.25, 0.3) is 0 Å². The SMILES string of the molecule is CC(O)(CC(=O)[O-])C(=O)O. The van der Waals surface area contributed by atoms with Gasteiger partial charge in [0.1, 0.15) is 0 Å². The van der Waals surface area contributed by atoms with Gasteiger partial charge in [0.2, 0.25) is 0 Å². The second kappa shape index (κ2) is 2.66. The van der Waals surface area contributed by atoms with Crippen molar-refractivity contribution in [2.45, 2.75) is 18.9 Å². The highest BCUT2D eigenvalue weighted by atomic mass is 16.4. The van der Waals surface area contributed by atoms with Crippen LogP contribution in [0.5, 0.6) is 0 Å². The highest BCUT2D eigenvalue weighted by molar-refractivity contribution is 5.82. The van der Waals surface area contributed by atoms with Crippen molar-refractivity contribution in [2.75, 3.05) is 0 Å². The molecular formula is C5H7O5-. The molecule has 0 aromatic rings. The summed E-state index contributed by atoms with van der Waals surface area (Å²) in [4.78, 5) is 19.8. The zero-order valence-electron chi connectivity index (χ0n) is 5.33. The first-order valence-corrected chi connectivity index (χ1v) is 2.52. The minimum absolute atomic E-state index is 0.894. The smallest absolute Gasteiger partial charge is 0.335 e. The van der Waals surface area contributed by atoms with E-state index in [1.54, 1.807) is 0 Å². The van der Waals surface area contributed by atoms with Gasteiger partial charge in [0.15, 0.2) is 5.60 Å². The van der Waals surface area contributed by atoms with Crippen LogP contribution >= 0.6 is 0 Å². The Hall–Kier alpha value is -1.10. The quantitative estimate of drug-likeness (QED) is 0.479. The number of carboxylic acid groups (broad SMARTS) is 2. The standard InChI is InChI=1S/C5H8O5/c1-5(10,4(8)9)2-3(6)7/h10H,2H2,1H3,(H,6,7)(H,8,9)/p-1. The molecular weight excluding hydrogens is 140 g/mol. The van der Waals surface area contributed by atoms with E-state index in [1.165, 1.54) is 0 Å². The summed E-state index contributed by atoms with van der Waals surface area (Å²) in [5.74, 6) is -3.16. The van der Waals surface area contributed by atoms with Crippen LogP contribution in [0.15, 0.2) is 0 Å². The lowest BCUT2D eigenvalue weighted by Gasteiger charge is -2.17. The lowest BCUT2D eigenvalue weighted by molar-refractivity contribution is -0.308. The number of aliphatic carboxylic acids is 2. The third-order valence-electron chi connectivity index (χ3n) is 0.949. The lowest BCUT2D eigenvalue weighted by atomic mass is 10.0. The summed E-state index contributed by atoms with van der Waals surface area (Å²) in [6.45, 7) is 0.894. The molecule has 10 heavy (non-hydrogen) atoms. The Morgan fingerprint density at radius 3 is 2.10 bits per heavy atom. The Bertz CT molecular complexity index is 159. The molecule has 0 aliphatic carbocycles. The molecule has 0 aliphatic heterocycles. The second-order valence-electron chi connectivity index (χ2n) is 2.13. The van der Waals surface area contributed by atoms with Gasteiger partial charge >= 0.3 is 5.97 Å². The molecule has 58 valence electrons. The maximum absolute atomic E-state index is 10.0. The van der Waals surface area contributed by atoms with Crippen LogP contribution < -0.4 is 5.11 Å². The first-order chi connectivity index (χ1) is 4.36. The zero-order chi connectivity index (χ0) is 8.36. The van der Waals surface area contributed by atoms with Crippen LogP contribution in [-0.4, -0.2) is 27.8 Å². The predicted octanol–water partition coefficient (Wildman–Crippen LogP) is -2.04. The molecule has 0 saturated heterocycles. The number of rotatable bonds is 3. The third-order valence-corrected chi connectivity index (χ3v) is 0.949. The van der Waals surface area contributed by atoms with E-state index in [-0.39, 0.29) is 0 Å². The van der Waals surface area contributed by atoms with E-state index in [2.05, 4.69) is 0 Å². The molecule has 1 atom stereocenters. The van der Waals surface area contributed by atoms with Crippen molar-refractivity contribution in [3.05, 3.63) is 0 Å². The van der Waals surface area contributed by atoms with E-state index >= 15 is 0 Å². The highest BCUT2D eigenvalue weighted by Gasteiger charge is 2.29. The molecule has 0 radical (unpaired) electrons. The fourth-order valence-corrected chi connectivity index (χ4v) is 0.357. The average molecular weight is 147 g/mol. The van der Waals surface area contributed by atoms with Crippen LogP contribution in [0, 0.1) is 0 Å². The van der Waals surface area contributed by atoms with Gasteiger partial charge in [-0.3, -0.25) is 0 Å². The van der Waals surface area contributed by atoms with Gasteiger partial charge < -0.3 is 20.1 Å². The van der Waals surface area contributed by atoms with Crippen molar-refractivity contribution in [1.29, 1.82) is 0 Å². The molecule has 0 aromatic carbocycles. The number of hydrogen-bond acceptors (Lipinski definition) is 4. The Kier molecular flexibility index (Phi) is 2.36. The fourth-order valence-electron chi connectivity index (χ4n) is 0.357. The summed E-state index contributed by atoms with van der Waals surface area (Å²) in [6, 6.07) is 0. The maximum Gasteiger partial charge on any atom is 0.335 e. The van der Waals surface area contributed by atoms with Crippen molar-refractivity contribution in [3.8, 4) is 0 Å². The highest BCUT2D eigenvalue weighted by Crippen LogP contribution is 2.07. The Balaban J connectivity index is 4.13. The van der Waals surface area contributed by atoms with E-state index in [0.29, 0.717) is 0 Å². The van der Waals surface area contributed by atoms with E-state index in [1.807, 2.05) is 0 Å². The van der Waals surface area contributed by atoms with Gasteiger partial charge in [0, 0.05) is 12.4 Å². The zero-order valence-corrected chi connectivity index (χ0v) is 5.33. The number of aliphatic hydroxyl groups is 1. The molecule has 0 amide bonds. The monoisotopic (exact) mass is 147 g/mol. The van der Waals surface area contributed by atoms with Gasteiger partial charge in [-0.2, -0.15) is 0 Å². The number of carbonyl (C=O) groups is 2. The minimum Gasteiger partial charge on any atom is -0.550 e. The third kappa shape index (κ3) is 2.45. The van der Waals surface area contributed by atoms with Gasteiger partial charge in [0.05, 0.1) is 0 Å². The normalized spacial score (nSPS) is 15.8. The topological polar surface area (TPSA) is 97.7 Å². The van der Waals surface area contributed by atoms with Crippen LogP contribution in [0.4, 0.5) is 0 Å². The molecule has 0 bridgehead atoms. The molecule has 0 aliphatic rings. The van der Waals surface area contributed by atoms with Gasteiger partial charge in [-0.05, 0) is 6.92 Å². The molecule has 0 heterocycles. The number of hydrogen-bond donors (Lipinski definition) is 2. The number of carbonyl (C=O) groups excluding carboxylic acids is 1. The van der Waals surface area contributed by atoms with Gasteiger partial charge in [-0.15, -0.1) is 0 Å². The molecule has 0 saturated carbocycles. The van der Waals surface area contributed by atoms with Crippen molar-refractivity contribution in [1.82, 2.24) is 0 Å². The fraction of sp³-hybridized carbons (Fsp3) is 0.600. The van der Waals surface area contributed by atoms with Crippen LogP contribution in [0.1, 0.15) is 13.3 Å². The van der Waals surface area contributed by atoms with E-state index in [4.69, 9.17) is 10.2 Å². The van der Waals surface area contributed by atoms with Crippen molar-refractivity contribution < 1.29 is 24.9 Å². The van der Waals surface area contributed by atoms with Crippen molar-refractivity contribution >= 4 is 11.9 Å². The minimum atomic E-state index is -2.22. The van der Waals surface area contributed by atoms with Crippen molar-refractivity contribution in [3.63, 3.8) is 0 Å². The molecule has 0 spiro atoms. The van der Waals surface area contributed by atoms with Crippen LogP contribution in [0.2, 0.25) is 0 Å². The Labute approximate surface area is 56.9 Å². The summed E-state index contributed by atoms with van der Waals surface area (Å²) < 4.78 is 0. The molecule has 0 rings (SSSR count). The Morgan fingerprint density at radius 2 is 2.00 bits per heavy atom. The summed E-state index contributed by atoms with van der Waals surface area (Å²) >= 11 is 0. The average Bonchev–Trinajstić information content (AvgIpc) is 1.60. The maximum atomic E-state index is 10.0. The van der Waals surface area contributed by atoms with E-state index < -0.39 is 24.0 Å². The summed E-state index contributed by atoms with van der Waals surface area (Å²) in [7, 11) is 0. The van der Waals surface area contributed by atoms with Crippen LogP contribution in [0.3, 0.4) is 0 Å². The molecule has 5 nitrogen and oxygen atoms in total. The molecule has 2 N–H and O–H groups in total. The Morgan fingerprint density at radius 1 is 1.60 bits per heavy atom. The van der Waals surface area contributed by atoms with Crippen LogP contribution in [-0.2, 0) is 9.59 Å². The molecule has 0 fully saturated rings. The molecule has 1 unspecified atom stereocenters. The van der Waals surface area contributed by atoms with E-state index in [0.717, 1.165) is 6.92 Å². The van der Waals surface area contributed by atoms with E-state index in [9.17, 15) is 14.7 Å². The largest absolute Gasteiger partial charge is 0.550 e. The van der Waals surface area contributed by atoms with Crippen molar-refractivity contribution in [2.24, 2.45) is 0 Å². The lowest BCUT2D eigenvalue weighted by Crippen LogP contribution is -2.41. The summed E-state index contributed by atoms with van der Waals surface area (Å²) in [5, 5.41) is 26.7. The van der Waals surface area contributed by atoms with Gasteiger partial charge in [-0.25, -0.2) is 4.79 Å². The van der Waals surface area contributed by atoms with Gasteiger partial charge in [-0.1, -0.05) is 0 Å².